The van der Waals surface area contributed by atoms with Gasteiger partial charge in [-0.3, -0.25) is 4.79 Å². The van der Waals surface area contributed by atoms with Crippen LogP contribution in [-0.4, -0.2) is 29.3 Å². The Morgan fingerprint density at radius 1 is 1.20 bits per heavy atom. The predicted octanol–water partition coefficient (Wildman–Crippen LogP) is 2.02. The van der Waals surface area contributed by atoms with E-state index >= 15 is 0 Å². The van der Waals surface area contributed by atoms with E-state index in [1.165, 1.54) is 6.20 Å². The van der Waals surface area contributed by atoms with Crippen molar-refractivity contribution in [3.05, 3.63) is 34.1 Å². The molecular weight excluding hydrogens is 262 g/mol. The highest BCUT2D eigenvalue weighted by molar-refractivity contribution is 5.96. The Labute approximate surface area is 115 Å². The summed E-state index contributed by atoms with van der Waals surface area (Å²) in [6.07, 6.45) is 1.17. The molecule has 1 aromatic heterocycles. The van der Waals surface area contributed by atoms with Gasteiger partial charge in [0.25, 0.3) is 0 Å². The van der Waals surface area contributed by atoms with Crippen LogP contribution >= 0.6 is 0 Å². The maximum absolute atomic E-state index is 12.3. The van der Waals surface area contributed by atoms with E-state index < -0.39 is 11.4 Å². The van der Waals surface area contributed by atoms with Gasteiger partial charge in [0.2, 0.25) is 5.43 Å². The fourth-order valence-corrected chi connectivity index (χ4v) is 1.99. The molecule has 2 rings (SSSR count). The summed E-state index contributed by atoms with van der Waals surface area (Å²) in [5.41, 5.74) is -0.476. The van der Waals surface area contributed by atoms with E-state index in [0.717, 1.165) is 0 Å². The molecule has 0 aliphatic carbocycles. The van der Waals surface area contributed by atoms with Crippen LogP contribution in [0.2, 0.25) is 0 Å². The van der Waals surface area contributed by atoms with E-state index in [-0.39, 0.29) is 10.9 Å². The molecule has 0 amide bonds. The average Bonchev–Trinajstić information content (AvgIpc) is 2.41. The number of carbonyl (C=O) groups is 1. The van der Waals surface area contributed by atoms with Gasteiger partial charge in [-0.1, -0.05) is 0 Å². The standard InChI is InChI=1S/C14H15NO5/c1-3-19-9-5-6-10(20-4-2)12-11(9)13(16)8(7-15-12)14(17)18/h5-7H,3-4H2,1-2H3,(H,15,16)(H,17,18). The number of aromatic nitrogens is 1. The minimum atomic E-state index is -1.28. The number of hydrogen-bond donors (Lipinski definition) is 2. The molecule has 2 N–H and O–H groups in total. The van der Waals surface area contributed by atoms with Crippen LogP contribution in [0.3, 0.4) is 0 Å². The largest absolute Gasteiger partial charge is 0.493 e. The van der Waals surface area contributed by atoms with Crippen LogP contribution in [0.5, 0.6) is 11.5 Å². The highest BCUT2D eigenvalue weighted by Gasteiger charge is 2.17. The molecule has 0 aliphatic heterocycles. The second-order valence-electron chi connectivity index (χ2n) is 4.01. The van der Waals surface area contributed by atoms with Gasteiger partial charge in [-0.05, 0) is 26.0 Å². The van der Waals surface area contributed by atoms with Crippen LogP contribution < -0.4 is 14.9 Å². The van der Waals surface area contributed by atoms with E-state index in [9.17, 15) is 9.59 Å². The minimum Gasteiger partial charge on any atom is -0.493 e. The molecule has 0 unspecified atom stereocenters. The number of ether oxygens (including phenoxy) is 2. The van der Waals surface area contributed by atoms with Gasteiger partial charge < -0.3 is 19.6 Å². The first kappa shape index (κ1) is 13.9. The lowest BCUT2D eigenvalue weighted by atomic mass is 10.1. The second kappa shape index (κ2) is 5.64. The fraction of sp³-hybridized carbons (Fsp3) is 0.286. The topological polar surface area (TPSA) is 88.6 Å². The summed E-state index contributed by atoms with van der Waals surface area (Å²) in [4.78, 5) is 26.1. The number of carboxylic acids is 1. The SMILES string of the molecule is CCOc1ccc(OCC)c2c(=O)c(C(=O)O)c[nH]c12. The molecule has 0 saturated carbocycles. The lowest BCUT2D eigenvalue weighted by Crippen LogP contribution is -2.16. The molecular formula is C14H15NO5. The molecule has 6 nitrogen and oxygen atoms in total. The van der Waals surface area contributed by atoms with Crippen molar-refractivity contribution in [3.63, 3.8) is 0 Å². The van der Waals surface area contributed by atoms with Crippen LogP contribution in [0.4, 0.5) is 0 Å². The number of fused-ring (bicyclic) bond motifs is 1. The predicted molar refractivity (Wildman–Crippen MR) is 73.9 cm³/mol. The summed E-state index contributed by atoms with van der Waals surface area (Å²) in [5.74, 6) is -0.451. The summed E-state index contributed by atoms with van der Waals surface area (Å²) in [6, 6.07) is 3.30. The lowest BCUT2D eigenvalue weighted by Gasteiger charge is -2.11. The monoisotopic (exact) mass is 277 g/mol. The molecule has 0 spiro atoms. The van der Waals surface area contributed by atoms with Crippen molar-refractivity contribution in [1.29, 1.82) is 0 Å². The van der Waals surface area contributed by atoms with Gasteiger partial charge in [0.05, 0.1) is 24.1 Å². The van der Waals surface area contributed by atoms with E-state index in [1.54, 1.807) is 19.1 Å². The maximum Gasteiger partial charge on any atom is 0.341 e. The normalized spacial score (nSPS) is 10.5. The Balaban J connectivity index is 2.82. The number of aromatic amines is 1. The first-order valence-electron chi connectivity index (χ1n) is 6.27. The average molecular weight is 277 g/mol. The summed E-state index contributed by atoms with van der Waals surface area (Å²) in [5, 5.41) is 9.22. The van der Waals surface area contributed by atoms with Gasteiger partial charge >= 0.3 is 5.97 Å². The lowest BCUT2D eigenvalue weighted by molar-refractivity contribution is 0.0695. The highest BCUT2D eigenvalue weighted by Crippen LogP contribution is 2.29. The zero-order valence-corrected chi connectivity index (χ0v) is 11.2. The molecule has 0 radical (unpaired) electrons. The molecule has 1 heterocycles. The van der Waals surface area contributed by atoms with Crippen molar-refractivity contribution < 1.29 is 19.4 Å². The van der Waals surface area contributed by atoms with Crippen molar-refractivity contribution in [1.82, 2.24) is 4.98 Å². The van der Waals surface area contributed by atoms with Gasteiger partial charge in [0.15, 0.2) is 0 Å². The quantitative estimate of drug-likeness (QED) is 0.872. The Morgan fingerprint density at radius 3 is 2.40 bits per heavy atom. The smallest absolute Gasteiger partial charge is 0.341 e. The third-order valence-electron chi connectivity index (χ3n) is 2.79. The van der Waals surface area contributed by atoms with E-state index in [2.05, 4.69) is 4.98 Å². The molecule has 0 bridgehead atoms. The number of H-pyrrole nitrogens is 1. The maximum atomic E-state index is 12.3. The van der Waals surface area contributed by atoms with E-state index in [1.807, 2.05) is 6.92 Å². The van der Waals surface area contributed by atoms with Gasteiger partial charge in [-0.2, -0.15) is 0 Å². The zero-order chi connectivity index (χ0) is 14.7. The zero-order valence-electron chi connectivity index (χ0n) is 11.2. The number of carboxylic acid groups (broad SMARTS) is 1. The first-order valence-corrected chi connectivity index (χ1v) is 6.27. The summed E-state index contributed by atoms with van der Waals surface area (Å²) in [7, 11) is 0. The molecule has 0 aliphatic rings. The molecule has 6 heteroatoms. The summed E-state index contributed by atoms with van der Waals surface area (Å²) >= 11 is 0. The van der Waals surface area contributed by atoms with Gasteiger partial charge in [-0.15, -0.1) is 0 Å². The van der Waals surface area contributed by atoms with E-state index in [0.29, 0.717) is 30.2 Å². The number of benzene rings is 1. The number of hydrogen-bond acceptors (Lipinski definition) is 4. The molecule has 0 atom stereocenters. The van der Waals surface area contributed by atoms with Crippen LogP contribution in [-0.2, 0) is 0 Å². The first-order chi connectivity index (χ1) is 9.60. The molecule has 0 fully saturated rings. The molecule has 0 saturated heterocycles. The van der Waals surface area contributed by atoms with Gasteiger partial charge in [0, 0.05) is 6.20 Å². The summed E-state index contributed by atoms with van der Waals surface area (Å²) in [6.45, 7) is 4.43. The van der Waals surface area contributed by atoms with Crippen molar-refractivity contribution in [3.8, 4) is 11.5 Å². The molecule has 106 valence electrons. The van der Waals surface area contributed by atoms with Crippen molar-refractivity contribution in [2.45, 2.75) is 13.8 Å². The number of nitrogens with one attached hydrogen (secondary N) is 1. The molecule has 2 aromatic rings. The van der Waals surface area contributed by atoms with Crippen LogP contribution in [0.15, 0.2) is 23.1 Å². The fourth-order valence-electron chi connectivity index (χ4n) is 1.99. The molecule has 20 heavy (non-hydrogen) atoms. The number of aromatic carboxylic acids is 1. The van der Waals surface area contributed by atoms with Crippen molar-refractivity contribution >= 4 is 16.9 Å². The van der Waals surface area contributed by atoms with Crippen molar-refractivity contribution in [2.24, 2.45) is 0 Å². The number of rotatable bonds is 5. The van der Waals surface area contributed by atoms with Crippen LogP contribution in [0.25, 0.3) is 10.9 Å². The van der Waals surface area contributed by atoms with Gasteiger partial charge in [0.1, 0.15) is 17.1 Å². The van der Waals surface area contributed by atoms with Crippen LogP contribution in [0.1, 0.15) is 24.2 Å². The Bertz CT molecular complexity index is 705. The third-order valence-corrected chi connectivity index (χ3v) is 2.79. The van der Waals surface area contributed by atoms with Crippen molar-refractivity contribution in [2.75, 3.05) is 13.2 Å². The van der Waals surface area contributed by atoms with E-state index in [4.69, 9.17) is 14.6 Å². The second-order valence-corrected chi connectivity index (χ2v) is 4.01. The highest BCUT2D eigenvalue weighted by atomic mass is 16.5. The molecule has 1 aromatic carbocycles. The number of pyridine rings is 1. The summed E-state index contributed by atoms with van der Waals surface area (Å²) < 4.78 is 10.8. The Hall–Kier alpha value is -2.50. The minimum absolute atomic E-state index is 0.192. The Kier molecular flexibility index (Phi) is 3.93. The van der Waals surface area contributed by atoms with Gasteiger partial charge in [-0.25, -0.2) is 4.79 Å². The van der Waals surface area contributed by atoms with Crippen LogP contribution in [0, 0.1) is 0 Å². The third kappa shape index (κ3) is 2.32. The Morgan fingerprint density at radius 2 is 1.80 bits per heavy atom.